The van der Waals surface area contributed by atoms with Crippen molar-refractivity contribution < 1.29 is 28.2 Å². The molecule has 7 nitrogen and oxygen atoms in total. The van der Waals surface area contributed by atoms with Gasteiger partial charge in [0.25, 0.3) is 0 Å². The quantitative estimate of drug-likeness (QED) is 0.502. The van der Waals surface area contributed by atoms with Gasteiger partial charge in [0.1, 0.15) is 12.4 Å². The highest BCUT2D eigenvalue weighted by Gasteiger charge is 2.37. The first-order valence-electron chi connectivity index (χ1n) is 9.58. The summed E-state index contributed by atoms with van der Waals surface area (Å²) in [6.07, 6.45) is 0.653. The molecule has 1 aromatic carbocycles. The van der Waals surface area contributed by atoms with Crippen molar-refractivity contribution in [1.82, 2.24) is 10.2 Å². The molecule has 8 heteroatoms. The van der Waals surface area contributed by atoms with Crippen LogP contribution in [0.4, 0.5) is 4.39 Å². The van der Waals surface area contributed by atoms with Gasteiger partial charge in [0, 0.05) is 38.3 Å². The van der Waals surface area contributed by atoms with Crippen LogP contribution in [0.3, 0.4) is 0 Å². The molecule has 0 saturated carbocycles. The number of amides is 2. The predicted molar refractivity (Wildman–Crippen MR) is 104 cm³/mol. The number of allylic oxidation sites excluding steroid dienone is 1. The number of methoxy groups -OCH3 is 1. The highest BCUT2D eigenvalue weighted by Crippen LogP contribution is 2.37. The third-order valence-corrected chi connectivity index (χ3v) is 4.74. The fourth-order valence-electron chi connectivity index (χ4n) is 3.30. The van der Waals surface area contributed by atoms with Crippen LogP contribution in [0.1, 0.15) is 38.2 Å². The standard InChI is InChI=1S/C21H27FN2O5/c1-4-29-21(27)20-14(2)24(13-18(25)23-10-5-11-28-3)19(26)12-17(20)15-6-8-16(22)9-7-15/h6-9,17H,4-5,10-13H2,1-3H3,(H,23,25). The number of ether oxygens (including phenoxy) is 2. The van der Waals surface area contributed by atoms with E-state index in [9.17, 15) is 18.8 Å². The number of esters is 1. The van der Waals surface area contributed by atoms with E-state index in [1.807, 2.05) is 0 Å². The van der Waals surface area contributed by atoms with Crippen molar-refractivity contribution in [2.24, 2.45) is 0 Å². The van der Waals surface area contributed by atoms with Crippen LogP contribution >= 0.6 is 0 Å². The minimum Gasteiger partial charge on any atom is -0.463 e. The summed E-state index contributed by atoms with van der Waals surface area (Å²) in [5.74, 6) is -2.10. The summed E-state index contributed by atoms with van der Waals surface area (Å²) in [6.45, 7) is 4.27. The van der Waals surface area contributed by atoms with Gasteiger partial charge in [0.2, 0.25) is 11.8 Å². The molecular weight excluding hydrogens is 379 g/mol. The number of carbonyl (C=O) groups is 3. The molecule has 0 aromatic heterocycles. The monoisotopic (exact) mass is 406 g/mol. The van der Waals surface area contributed by atoms with E-state index in [0.717, 1.165) is 0 Å². The van der Waals surface area contributed by atoms with E-state index < -0.39 is 17.7 Å². The highest BCUT2D eigenvalue weighted by molar-refractivity contribution is 5.97. The van der Waals surface area contributed by atoms with E-state index in [2.05, 4.69) is 5.32 Å². The SMILES string of the molecule is CCOC(=O)C1=C(C)N(CC(=O)NCCCOC)C(=O)CC1c1ccc(F)cc1. The van der Waals surface area contributed by atoms with Crippen LogP contribution in [0.5, 0.6) is 0 Å². The van der Waals surface area contributed by atoms with Gasteiger partial charge >= 0.3 is 5.97 Å². The second kappa shape index (κ2) is 10.7. The maximum atomic E-state index is 13.3. The van der Waals surface area contributed by atoms with Gasteiger partial charge in [0.05, 0.1) is 12.2 Å². The zero-order chi connectivity index (χ0) is 21.4. The lowest BCUT2D eigenvalue weighted by atomic mass is 9.83. The Bertz CT molecular complexity index is 776. The first-order valence-corrected chi connectivity index (χ1v) is 9.58. The Kier molecular flexibility index (Phi) is 8.33. The number of benzene rings is 1. The van der Waals surface area contributed by atoms with Gasteiger partial charge in [-0.05, 0) is 38.0 Å². The third kappa shape index (κ3) is 5.87. The van der Waals surface area contributed by atoms with E-state index >= 15 is 0 Å². The smallest absolute Gasteiger partial charge is 0.336 e. The molecule has 1 aliphatic heterocycles. The maximum Gasteiger partial charge on any atom is 0.336 e. The molecule has 0 bridgehead atoms. The average Bonchev–Trinajstić information content (AvgIpc) is 2.69. The number of carbonyl (C=O) groups excluding carboxylic acids is 3. The molecule has 29 heavy (non-hydrogen) atoms. The van der Waals surface area contributed by atoms with E-state index in [1.54, 1.807) is 33.1 Å². The third-order valence-electron chi connectivity index (χ3n) is 4.74. The van der Waals surface area contributed by atoms with Gasteiger partial charge in [-0.2, -0.15) is 0 Å². The predicted octanol–water partition coefficient (Wildman–Crippen LogP) is 2.13. The molecule has 1 N–H and O–H groups in total. The molecule has 0 saturated heterocycles. The lowest BCUT2D eigenvalue weighted by molar-refractivity contribution is -0.141. The first kappa shape index (κ1) is 22.5. The minimum atomic E-state index is -0.553. The van der Waals surface area contributed by atoms with Gasteiger partial charge in [0.15, 0.2) is 0 Å². The number of hydrogen-bond donors (Lipinski definition) is 1. The Labute approximate surface area is 169 Å². The van der Waals surface area contributed by atoms with Crippen LogP contribution in [0.25, 0.3) is 0 Å². The molecule has 1 heterocycles. The molecule has 2 rings (SSSR count). The van der Waals surface area contributed by atoms with Gasteiger partial charge in [-0.3, -0.25) is 9.59 Å². The fourth-order valence-corrected chi connectivity index (χ4v) is 3.30. The normalized spacial score (nSPS) is 16.8. The molecule has 0 radical (unpaired) electrons. The topological polar surface area (TPSA) is 84.9 Å². The fraction of sp³-hybridized carbons (Fsp3) is 0.476. The Hall–Kier alpha value is -2.74. The molecule has 1 aliphatic rings. The Morgan fingerprint density at radius 3 is 2.59 bits per heavy atom. The second-order valence-electron chi connectivity index (χ2n) is 6.70. The molecule has 1 aromatic rings. The van der Waals surface area contributed by atoms with Gasteiger partial charge in [-0.15, -0.1) is 0 Å². The van der Waals surface area contributed by atoms with Gasteiger partial charge in [-0.25, -0.2) is 9.18 Å². The summed E-state index contributed by atoms with van der Waals surface area (Å²) >= 11 is 0. The first-order chi connectivity index (χ1) is 13.9. The van der Waals surface area contributed by atoms with Crippen molar-refractivity contribution in [3.05, 3.63) is 46.9 Å². The molecule has 1 atom stereocenters. The summed E-state index contributed by atoms with van der Waals surface area (Å²) < 4.78 is 23.4. The lowest BCUT2D eigenvalue weighted by Gasteiger charge is -2.34. The molecular formula is C21H27FN2O5. The molecule has 0 aliphatic carbocycles. The van der Waals surface area contributed by atoms with Crippen molar-refractivity contribution in [2.75, 3.05) is 33.4 Å². The zero-order valence-electron chi connectivity index (χ0n) is 17.0. The van der Waals surface area contributed by atoms with Crippen LogP contribution in [0, 0.1) is 5.82 Å². The summed E-state index contributed by atoms with van der Waals surface area (Å²) in [5.41, 5.74) is 1.33. The van der Waals surface area contributed by atoms with Crippen LogP contribution < -0.4 is 5.32 Å². The van der Waals surface area contributed by atoms with E-state index in [4.69, 9.17) is 9.47 Å². The van der Waals surface area contributed by atoms with Gasteiger partial charge in [-0.1, -0.05) is 12.1 Å². The van der Waals surface area contributed by atoms with Crippen molar-refractivity contribution in [1.29, 1.82) is 0 Å². The largest absolute Gasteiger partial charge is 0.463 e. The average molecular weight is 406 g/mol. The summed E-state index contributed by atoms with van der Waals surface area (Å²) in [6, 6.07) is 5.69. The van der Waals surface area contributed by atoms with E-state index in [1.165, 1.54) is 17.0 Å². The Balaban J connectivity index is 2.27. The van der Waals surface area contributed by atoms with Crippen LogP contribution in [-0.4, -0.2) is 56.1 Å². The number of halogens is 1. The number of nitrogens with one attached hydrogen (secondary N) is 1. The maximum absolute atomic E-state index is 13.3. The van der Waals surface area contributed by atoms with Crippen molar-refractivity contribution in [3.63, 3.8) is 0 Å². The van der Waals surface area contributed by atoms with Gasteiger partial charge < -0.3 is 19.7 Å². The van der Waals surface area contributed by atoms with Crippen LogP contribution in [0.15, 0.2) is 35.5 Å². The van der Waals surface area contributed by atoms with Crippen molar-refractivity contribution >= 4 is 17.8 Å². The number of hydrogen-bond acceptors (Lipinski definition) is 5. The highest BCUT2D eigenvalue weighted by atomic mass is 19.1. The summed E-state index contributed by atoms with van der Waals surface area (Å²) in [4.78, 5) is 38.9. The Morgan fingerprint density at radius 2 is 1.97 bits per heavy atom. The van der Waals surface area contributed by atoms with Crippen molar-refractivity contribution in [3.8, 4) is 0 Å². The summed E-state index contributed by atoms with van der Waals surface area (Å²) in [7, 11) is 1.58. The summed E-state index contributed by atoms with van der Waals surface area (Å²) in [5, 5.41) is 2.73. The molecule has 2 amide bonds. The van der Waals surface area contributed by atoms with E-state index in [-0.39, 0.29) is 31.4 Å². The zero-order valence-corrected chi connectivity index (χ0v) is 17.0. The molecule has 1 unspecified atom stereocenters. The molecule has 0 spiro atoms. The number of nitrogens with zero attached hydrogens (tertiary/aromatic N) is 1. The lowest BCUT2D eigenvalue weighted by Crippen LogP contribution is -2.44. The van der Waals surface area contributed by atoms with Crippen molar-refractivity contribution in [2.45, 2.75) is 32.6 Å². The molecule has 0 fully saturated rings. The van der Waals surface area contributed by atoms with Crippen LogP contribution in [-0.2, 0) is 23.9 Å². The Morgan fingerprint density at radius 1 is 1.28 bits per heavy atom. The minimum absolute atomic E-state index is 0.00588. The molecule has 158 valence electrons. The van der Waals surface area contributed by atoms with Crippen LogP contribution in [0.2, 0.25) is 0 Å². The number of rotatable bonds is 9. The van der Waals surface area contributed by atoms with E-state index in [0.29, 0.717) is 36.4 Å². The second-order valence-corrected chi connectivity index (χ2v) is 6.70.